The molecule has 1 aromatic heterocycles. The Kier molecular flexibility index (Phi) is 4.05. The van der Waals surface area contributed by atoms with Gasteiger partial charge in [0.05, 0.1) is 5.69 Å². The molecule has 1 unspecified atom stereocenters. The lowest BCUT2D eigenvalue weighted by Gasteiger charge is -2.15. The Labute approximate surface area is 131 Å². The third-order valence-corrected chi connectivity index (χ3v) is 3.65. The molecule has 0 radical (unpaired) electrons. The fourth-order valence-corrected chi connectivity index (χ4v) is 2.28. The Morgan fingerprint density at radius 2 is 2.04 bits per heavy atom. The van der Waals surface area contributed by atoms with Gasteiger partial charge in [0, 0.05) is 12.1 Å². The van der Waals surface area contributed by atoms with Gasteiger partial charge in [-0.25, -0.2) is 9.07 Å². The summed E-state index contributed by atoms with van der Waals surface area (Å²) in [6, 6.07) is 4.21. The summed E-state index contributed by atoms with van der Waals surface area (Å²) in [7, 11) is 0. The van der Waals surface area contributed by atoms with Crippen LogP contribution in [0.3, 0.4) is 0 Å². The molecule has 0 aliphatic heterocycles. The SMILES string of the molecule is NC(=O)C(NC(=O)Cn1cc(C2CC2)nn1)c1ccc(F)cc1. The number of rotatable bonds is 6. The van der Waals surface area contributed by atoms with Gasteiger partial charge in [0.2, 0.25) is 11.8 Å². The Morgan fingerprint density at radius 3 is 2.65 bits per heavy atom. The largest absolute Gasteiger partial charge is 0.368 e. The molecular weight excluding hydrogens is 301 g/mol. The number of hydrogen-bond donors (Lipinski definition) is 2. The maximum Gasteiger partial charge on any atom is 0.244 e. The van der Waals surface area contributed by atoms with Crippen molar-refractivity contribution in [3.8, 4) is 0 Å². The van der Waals surface area contributed by atoms with Crippen LogP contribution in [0.5, 0.6) is 0 Å². The first-order valence-electron chi connectivity index (χ1n) is 7.27. The summed E-state index contributed by atoms with van der Waals surface area (Å²) >= 11 is 0. The van der Waals surface area contributed by atoms with Crippen LogP contribution in [0.2, 0.25) is 0 Å². The van der Waals surface area contributed by atoms with Crippen LogP contribution in [0, 0.1) is 5.82 Å². The average Bonchev–Trinajstić information content (AvgIpc) is 3.26. The minimum Gasteiger partial charge on any atom is -0.368 e. The Hall–Kier alpha value is -2.77. The van der Waals surface area contributed by atoms with E-state index < -0.39 is 23.7 Å². The molecule has 1 saturated carbocycles. The molecule has 23 heavy (non-hydrogen) atoms. The predicted octanol–water partition coefficient (Wildman–Crippen LogP) is 0.637. The molecule has 2 aromatic rings. The van der Waals surface area contributed by atoms with Crippen LogP contribution >= 0.6 is 0 Å². The second kappa shape index (κ2) is 6.15. The van der Waals surface area contributed by atoms with Gasteiger partial charge in [0.25, 0.3) is 0 Å². The van der Waals surface area contributed by atoms with E-state index in [1.807, 2.05) is 0 Å². The molecule has 1 aliphatic rings. The van der Waals surface area contributed by atoms with Crippen molar-refractivity contribution in [1.29, 1.82) is 0 Å². The number of carbonyl (C=O) groups is 2. The van der Waals surface area contributed by atoms with Crippen molar-refractivity contribution in [3.63, 3.8) is 0 Å². The lowest BCUT2D eigenvalue weighted by atomic mass is 10.1. The molecule has 0 saturated heterocycles. The first-order valence-corrected chi connectivity index (χ1v) is 7.27. The highest BCUT2D eigenvalue weighted by molar-refractivity contribution is 5.87. The maximum atomic E-state index is 13.0. The molecule has 1 atom stereocenters. The van der Waals surface area contributed by atoms with Gasteiger partial charge in [-0.3, -0.25) is 9.59 Å². The first-order chi connectivity index (χ1) is 11.0. The van der Waals surface area contributed by atoms with Gasteiger partial charge in [-0.2, -0.15) is 0 Å². The van der Waals surface area contributed by atoms with E-state index >= 15 is 0 Å². The van der Waals surface area contributed by atoms with Crippen molar-refractivity contribution >= 4 is 11.8 Å². The van der Waals surface area contributed by atoms with Crippen molar-refractivity contribution in [2.75, 3.05) is 0 Å². The number of nitrogens with zero attached hydrogens (tertiary/aromatic N) is 3. The van der Waals surface area contributed by atoms with Crippen LogP contribution in [0.1, 0.15) is 36.1 Å². The number of primary amides is 1. The number of benzene rings is 1. The second-order valence-corrected chi connectivity index (χ2v) is 5.57. The van der Waals surface area contributed by atoms with E-state index in [1.54, 1.807) is 6.20 Å². The zero-order chi connectivity index (χ0) is 16.4. The fraction of sp³-hybridized carbons (Fsp3) is 0.333. The molecule has 1 fully saturated rings. The zero-order valence-corrected chi connectivity index (χ0v) is 12.3. The van der Waals surface area contributed by atoms with E-state index in [9.17, 15) is 14.0 Å². The quantitative estimate of drug-likeness (QED) is 0.816. The minimum absolute atomic E-state index is 0.0648. The molecule has 0 spiro atoms. The van der Waals surface area contributed by atoms with E-state index in [0.29, 0.717) is 11.5 Å². The molecule has 1 aliphatic carbocycles. The Morgan fingerprint density at radius 1 is 1.35 bits per heavy atom. The molecule has 8 heteroatoms. The number of aromatic nitrogens is 3. The maximum absolute atomic E-state index is 13.0. The van der Waals surface area contributed by atoms with Crippen molar-refractivity contribution in [2.45, 2.75) is 31.3 Å². The molecule has 3 N–H and O–H groups in total. The number of halogens is 1. The Balaban J connectivity index is 1.65. The van der Waals surface area contributed by atoms with Crippen LogP contribution in [0.4, 0.5) is 4.39 Å². The summed E-state index contributed by atoms with van der Waals surface area (Å²) in [6.45, 7) is -0.0648. The summed E-state index contributed by atoms with van der Waals surface area (Å²) in [5.41, 5.74) is 6.62. The van der Waals surface area contributed by atoms with Gasteiger partial charge in [-0.15, -0.1) is 5.10 Å². The fourth-order valence-electron chi connectivity index (χ4n) is 2.28. The van der Waals surface area contributed by atoms with Crippen LogP contribution < -0.4 is 11.1 Å². The summed E-state index contributed by atoms with van der Waals surface area (Å²) in [6.07, 6.45) is 3.92. The summed E-state index contributed by atoms with van der Waals surface area (Å²) < 4.78 is 14.4. The highest BCUT2D eigenvalue weighted by Crippen LogP contribution is 2.38. The van der Waals surface area contributed by atoms with Crippen LogP contribution in [-0.4, -0.2) is 26.8 Å². The number of hydrogen-bond acceptors (Lipinski definition) is 4. The summed E-state index contributed by atoms with van der Waals surface area (Å²) in [4.78, 5) is 23.6. The second-order valence-electron chi connectivity index (χ2n) is 5.57. The third-order valence-electron chi connectivity index (χ3n) is 3.65. The standard InChI is InChI=1S/C15H16FN5O2/c16-11-5-3-10(4-6-11)14(15(17)23)18-13(22)8-21-7-12(19-20-21)9-1-2-9/h3-7,9,14H,1-2,8H2,(H2,17,23)(H,18,22). The van der Waals surface area contributed by atoms with E-state index in [2.05, 4.69) is 15.6 Å². The van der Waals surface area contributed by atoms with Gasteiger partial charge in [-0.05, 0) is 30.5 Å². The molecule has 0 bridgehead atoms. The van der Waals surface area contributed by atoms with E-state index in [0.717, 1.165) is 18.5 Å². The van der Waals surface area contributed by atoms with Gasteiger partial charge in [-0.1, -0.05) is 17.3 Å². The topological polar surface area (TPSA) is 103 Å². The first kappa shape index (κ1) is 15.1. The molecular formula is C15H16FN5O2. The highest BCUT2D eigenvalue weighted by Gasteiger charge is 2.27. The third kappa shape index (κ3) is 3.71. The van der Waals surface area contributed by atoms with Crippen LogP contribution in [-0.2, 0) is 16.1 Å². The van der Waals surface area contributed by atoms with Gasteiger partial charge in [0.15, 0.2) is 0 Å². The van der Waals surface area contributed by atoms with Crippen molar-refractivity contribution in [3.05, 3.63) is 47.5 Å². The smallest absolute Gasteiger partial charge is 0.244 e. The minimum atomic E-state index is -1.02. The predicted molar refractivity (Wildman–Crippen MR) is 78.5 cm³/mol. The van der Waals surface area contributed by atoms with Crippen molar-refractivity contribution in [2.24, 2.45) is 5.73 Å². The zero-order valence-electron chi connectivity index (χ0n) is 12.3. The highest BCUT2D eigenvalue weighted by atomic mass is 19.1. The molecule has 3 rings (SSSR count). The number of nitrogens with two attached hydrogens (primary N) is 1. The molecule has 120 valence electrons. The lowest BCUT2D eigenvalue weighted by Crippen LogP contribution is -2.39. The number of carbonyl (C=O) groups excluding carboxylic acids is 2. The van der Waals surface area contributed by atoms with Gasteiger partial charge in [0.1, 0.15) is 18.4 Å². The monoisotopic (exact) mass is 317 g/mol. The van der Waals surface area contributed by atoms with E-state index in [4.69, 9.17) is 5.73 Å². The summed E-state index contributed by atoms with van der Waals surface area (Å²) in [5, 5.41) is 10.4. The van der Waals surface area contributed by atoms with E-state index in [1.165, 1.54) is 28.9 Å². The lowest BCUT2D eigenvalue weighted by molar-refractivity contribution is -0.128. The normalized spacial score (nSPS) is 15.2. The van der Waals surface area contributed by atoms with Gasteiger partial charge >= 0.3 is 0 Å². The van der Waals surface area contributed by atoms with Crippen LogP contribution in [0.25, 0.3) is 0 Å². The molecule has 7 nitrogen and oxygen atoms in total. The average molecular weight is 317 g/mol. The molecule has 1 heterocycles. The summed E-state index contributed by atoms with van der Waals surface area (Å²) in [5.74, 6) is -1.13. The molecule has 1 aromatic carbocycles. The van der Waals surface area contributed by atoms with Crippen molar-refractivity contribution in [1.82, 2.24) is 20.3 Å². The molecule has 2 amide bonds. The number of amides is 2. The number of nitrogens with one attached hydrogen (secondary N) is 1. The van der Waals surface area contributed by atoms with Gasteiger partial charge < -0.3 is 11.1 Å². The Bertz CT molecular complexity index is 724. The van der Waals surface area contributed by atoms with Crippen LogP contribution in [0.15, 0.2) is 30.5 Å². The van der Waals surface area contributed by atoms with E-state index in [-0.39, 0.29) is 6.54 Å². The van der Waals surface area contributed by atoms with Crippen molar-refractivity contribution < 1.29 is 14.0 Å².